The molecular formula is C21H20O3. The number of carbonyl (C=O) groups excluding carboxylic acids is 1. The molecule has 1 aliphatic rings. The van der Waals surface area contributed by atoms with Crippen LogP contribution in [-0.2, 0) is 4.79 Å². The highest BCUT2D eigenvalue weighted by Gasteiger charge is 2.23. The topological polar surface area (TPSA) is 35.5 Å². The van der Waals surface area contributed by atoms with E-state index in [1.54, 1.807) is 14.2 Å². The van der Waals surface area contributed by atoms with Crippen molar-refractivity contribution in [3.8, 4) is 11.5 Å². The summed E-state index contributed by atoms with van der Waals surface area (Å²) in [5.41, 5.74) is 3.50. The predicted molar refractivity (Wildman–Crippen MR) is 96.2 cm³/mol. The van der Waals surface area contributed by atoms with Gasteiger partial charge < -0.3 is 9.47 Å². The Morgan fingerprint density at radius 3 is 1.58 bits per heavy atom. The molecular weight excluding hydrogens is 300 g/mol. The quantitative estimate of drug-likeness (QED) is 0.776. The van der Waals surface area contributed by atoms with Crippen molar-refractivity contribution >= 4 is 17.9 Å². The van der Waals surface area contributed by atoms with Crippen LogP contribution in [0, 0.1) is 0 Å². The third-order valence-electron chi connectivity index (χ3n) is 4.18. The molecule has 122 valence electrons. The zero-order valence-electron chi connectivity index (χ0n) is 13.9. The zero-order valence-corrected chi connectivity index (χ0v) is 13.9. The molecule has 3 rings (SSSR count). The Bertz CT molecular complexity index is 748. The molecule has 3 nitrogen and oxygen atoms in total. The van der Waals surface area contributed by atoms with Gasteiger partial charge in [0.05, 0.1) is 14.2 Å². The fraction of sp³-hybridized carbons (Fsp3) is 0.190. The largest absolute Gasteiger partial charge is 0.496 e. The van der Waals surface area contributed by atoms with Gasteiger partial charge in [-0.25, -0.2) is 0 Å². The van der Waals surface area contributed by atoms with E-state index in [-0.39, 0.29) is 5.78 Å². The smallest absolute Gasteiger partial charge is 0.185 e. The number of hydrogen-bond acceptors (Lipinski definition) is 3. The van der Waals surface area contributed by atoms with E-state index in [2.05, 4.69) is 0 Å². The highest BCUT2D eigenvalue weighted by molar-refractivity contribution is 6.15. The van der Waals surface area contributed by atoms with Crippen LogP contribution in [0.5, 0.6) is 11.5 Å². The molecule has 2 aromatic carbocycles. The standard InChI is InChI=1S/C21H20O3/c1-23-19-9-5-3-7-15(19)13-17-11-12-18(21(17)22)14-16-8-4-6-10-20(16)24-2/h3-10,13-14H,11-12H2,1-2H3/b17-13-,18-14+. The van der Waals surface area contributed by atoms with E-state index in [1.807, 2.05) is 60.7 Å². The van der Waals surface area contributed by atoms with Gasteiger partial charge in [0.2, 0.25) is 0 Å². The predicted octanol–water partition coefficient (Wildman–Crippen LogP) is 4.53. The third-order valence-corrected chi connectivity index (χ3v) is 4.18. The van der Waals surface area contributed by atoms with Crippen molar-refractivity contribution < 1.29 is 14.3 Å². The van der Waals surface area contributed by atoms with Crippen LogP contribution in [-0.4, -0.2) is 20.0 Å². The molecule has 0 N–H and O–H groups in total. The molecule has 1 fully saturated rings. The van der Waals surface area contributed by atoms with Crippen molar-refractivity contribution in [2.45, 2.75) is 12.8 Å². The number of allylic oxidation sites excluding steroid dienone is 2. The molecule has 0 amide bonds. The molecule has 3 heteroatoms. The number of ketones is 1. The Morgan fingerprint density at radius 1 is 0.750 bits per heavy atom. The molecule has 0 saturated heterocycles. The number of benzene rings is 2. The first kappa shape index (κ1) is 16.1. The molecule has 24 heavy (non-hydrogen) atoms. The summed E-state index contributed by atoms with van der Waals surface area (Å²) in [6.45, 7) is 0. The Labute approximate surface area is 142 Å². The van der Waals surface area contributed by atoms with Gasteiger partial charge in [0.15, 0.2) is 5.78 Å². The number of rotatable bonds is 4. The second-order valence-electron chi connectivity index (χ2n) is 5.65. The van der Waals surface area contributed by atoms with Gasteiger partial charge in [0.25, 0.3) is 0 Å². The second kappa shape index (κ2) is 7.18. The summed E-state index contributed by atoms with van der Waals surface area (Å²) in [7, 11) is 3.28. The summed E-state index contributed by atoms with van der Waals surface area (Å²) >= 11 is 0. The minimum Gasteiger partial charge on any atom is -0.496 e. The molecule has 0 heterocycles. The molecule has 0 radical (unpaired) electrons. The average molecular weight is 320 g/mol. The summed E-state index contributed by atoms with van der Waals surface area (Å²) in [5.74, 6) is 1.66. The third kappa shape index (κ3) is 3.25. The SMILES string of the molecule is COc1ccccc1/C=C1/CC/C(=C\c2ccccc2OC)C1=O. The Hall–Kier alpha value is -2.81. The van der Waals surface area contributed by atoms with Crippen LogP contribution < -0.4 is 9.47 Å². The first-order chi connectivity index (χ1) is 11.7. The Balaban J connectivity index is 1.90. The van der Waals surface area contributed by atoms with E-state index in [9.17, 15) is 4.79 Å². The van der Waals surface area contributed by atoms with Gasteiger partial charge in [-0.3, -0.25) is 4.79 Å². The lowest BCUT2D eigenvalue weighted by molar-refractivity contribution is -0.111. The molecule has 2 aromatic rings. The fourth-order valence-corrected chi connectivity index (χ4v) is 2.92. The fourth-order valence-electron chi connectivity index (χ4n) is 2.92. The highest BCUT2D eigenvalue weighted by Crippen LogP contribution is 2.32. The molecule has 0 aromatic heterocycles. The minimum absolute atomic E-state index is 0.104. The molecule has 0 spiro atoms. The first-order valence-electron chi connectivity index (χ1n) is 7.95. The summed E-state index contributed by atoms with van der Waals surface area (Å²) in [6, 6.07) is 15.4. The number of carbonyl (C=O) groups is 1. The van der Waals surface area contributed by atoms with Crippen molar-refractivity contribution in [1.82, 2.24) is 0 Å². The first-order valence-corrected chi connectivity index (χ1v) is 7.95. The summed E-state index contributed by atoms with van der Waals surface area (Å²) in [4.78, 5) is 12.7. The number of hydrogen-bond donors (Lipinski definition) is 0. The van der Waals surface area contributed by atoms with Crippen LogP contribution in [0.3, 0.4) is 0 Å². The molecule has 0 bridgehead atoms. The monoisotopic (exact) mass is 320 g/mol. The van der Waals surface area contributed by atoms with Crippen LogP contribution in [0.4, 0.5) is 0 Å². The van der Waals surface area contributed by atoms with E-state index in [0.29, 0.717) is 0 Å². The minimum atomic E-state index is 0.104. The molecule has 1 aliphatic carbocycles. The van der Waals surface area contributed by atoms with Crippen LogP contribution in [0.15, 0.2) is 59.7 Å². The van der Waals surface area contributed by atoms with Gasteiger partial charge in [-0.05, 0) is 37.1 Å². The average Bonchev–Trinajstić information content (AvgIpc) is 2.96. The molecule has 1 saturated carbocycles. The van der Waals surface area contributed by atoms with Crippen LogP contribution >= 0.6 is 0 Å². The van der Waals surface area contributed by atoms with Gasteiger partial charge in [-0.1, -0.05) is 36.4 Å². The van der Waals surface area contributed by atoms with Crippen LogP contribution in [0.1, 0.15) is 24.0 Å². The van der Waals surface area contributed by atoms with E-state index >= 15 is 0 Å². The Kier molecular flexibility index (Phi) is 4.80. The number of para-hydroxylation sites is 2. The van der Waals surface area contributed by atoms with Crippen molar-refractivity contribution in [3.63, 3.8) is 0 Å². The van der Waals surface area contributed by atoms with Gasteiger partial charge in [-0.2, -0.15) is 0 Å². The summed E-state index contributed by atoms with van der Waals surface area (Å²) in [5, 5.41) is 0. The lowest BCUT2D eigenvalue weighted by Gasteiger charge is -2.05. The van der Waals surface area contributed by atoms with Gasteiger partial charge >= 0.3 is 0 Å². The van der Waals surface area contributed by atoms with E-state index < -0.39 is 0 Å². The second-order valence-corrected chi connectivity index (χ2v) is 5.65. The molecule has 0 atom stereocenters. The van der Waals surface area contributed by atoms with Gasteiger partial charge in [0, 0.05) is 22.3 Å². The maximum Gasteiger partial charge on any atom is 0.185 e. The number of Topliss-reactive ketones (excluding diaryl/α,β-unsaturated/α-hetero) is 1. The lowest BCUT2D eigenvalue weighted by atomic mass is 10.1. The number of ether oxygens (including phenoxy) is 2. The van der Waals surface area contributed by atoms with Crippen LogP contribution in [0.25, 0.3) is 12.2 Å². The van der Waals surface area contributed by atoms with Crippen LogP contribution in [0.2, 0.25) is 0 Å². The summed E-state index contributed by atoms with van der Waals surface area (Å²) in [6.07, 6.45) is 5.37. The molecule has 0 aliphatic heterocycles. The van der Waals surface area contributed by atoms with Gasteiger partial charge in [0.1, 0.15) is 11.5 Å². The van der Waals surface area contributed by atoms with Crippen molar-refractivity contribution in [1.29, 1.82) is 0 Å². The van der Waals surface area contributed by atoms with Crippen molar-refractivity contribution in [2.75, 3.05) is 14.2 Å². The van der Waals surface area contributed by atoms with Gasteiger partial charge in [-0.15, -0.1) is 0 Å². The van der Waals surface area contributed by atoms with E-state index in [1.165, 1.54) is 0 Å². The maximum absolute atomic E-state index is 12.7. The van der Waals surface area contributed by atoms with E-state index in [4.69, 9.17) is 9.47 Å². The Morgan fingerprint density at radius 2 is 1.17 bits per heavy atom. The van der Waals surface area contributed by atoms with Crippen molar-refractivity contribution in [3.05, 3.63) is 70.8 Å². The number of methoxy groups -OCH3 is 2. The zero-order chi connectivity index (χ0) is 16.9. The van der Waals surface area contributed by atoms with E-state index in [0.717, 1.165) is 46.6 Å². The van der Waals surface area contributed by atoms with Crippen molar-refractivity contribution in [2.24, 2.45) is 0 Å². The lowest BCUT2D eigenvalue weighted by Crippen LogP contribution is -1.97. The normalized spacial score (nSPS) is 17.5. The highest BCUT2D eigenvalue weighted by atomic mass is 16.5. The summed E-state index contributed by atoms with van der Waals surface area (Å²) < 4.78 is 10.7. The molecule has 0 unspecified atom stereocenters. The maximum atomic E-state index is 12.7.